The molecular weight excluding hydrogens is 314 g/mol. The van der Waals surface area contributed by atoms with Gasteiger partial charge in [-0.2, -0.15) is 0 Å². The molecule has 1 fully saturated rings. The summed E-state index contributed by atoms with van der Waals surface area (Å²) in [6.07, 6.45) is 1.63. The van der Waals surface area contributed by atoms with E-state index in [0.29, 0.717) is 24.7 Å². The van der Waals surface area contributed by atoms with Crippen LogP contribution in [0.3, 0.4) is 0 Å². The Hall–Kier alpha value is -1.59. The second-order valence-corrected chi connectivity index (χ2v) is 7.45. The highest BCUT2D eigenvalue weighted by atomic mass is 16.5. The SMILES string of the molecule is CC(C)N(CCNC1CC(NC(=O)OCc2ccccc2)C1)C(C)C. The second kappa shape index (κ2) is 9.78. The number of carbonyl (C=O) groups is 1. The van der Waals surface area contributed by atoms with Crippen LogP contribution < -0.4 is 10.6 Å². The fourth-order valence-corrected chi connectivity index (χ4v) is 3.34. The van der Waals surface area contributed by atoms with Gasteiger partial charge in [-0.25, -0.2) is 4.79 Å². The molecule has 140 valence electrons. The average molecular weight is 348 g/mol. The molecule has 25 heavy (non-hydrogen) atoms. The fraction of sp³-hybridized carbons (Fsp3) is 0.650. The van der Waals surface area contributed by atoms with Gasteiger partial charge in [-0.15, -0.1) is 0 Å². The molecule has 1 amide bonds. The Balaban J connectivity index is 1.55. The predicted molar refractivity (Wildman–Crippen MR) is 102 cm³/mol. The maximum absolute atomic E-state index is 11.8. The summed E-state index contributed by atoms with van der Waals surface area (Å²) in [4.78, 5) is 14.3. The molecule has 1 aromatic rings. The fourth-order valence-electron chi connectivity index (χ4n) is 3.34. The number of nitrogens with zero attached hydrogens (tertiary/aromatic N) is 1. The summed E-state index contributed by atoms with van der Waals surface area (Å²) in [5, 5.41) is 6.53. The number of carbonyl (C=O) groups excluding carboxylic acids is 1. The van der Waals surface area contributed by atoms with Crippen molar-refractivity contribution in [2.75, 3.05) is 13.1 Å². The van der Waals surface area contributed by atoms with Crippen molar-refractivity contribution in [3.63, 3.8) is 0 Å². The van der Waals surface area contributed by atoms with E-state index >= 15 is 0 Å². The summed E-state index contributed by atoms with van der Waals surface area (Å²) >= 11 is 0. The Morgan fingerprint density at radius 2 is 1.76 bits per heavy atom. The number of nitrogens with one attached hydrogen (secondary N) is 2. The van der Waals surface area contributed by atoms with Crippen LogP contribution >= 0.6 is 0 Å². The molecule has 0 aliphatic heterocycles. The number of hydrogen-bond acceptors (Lipinski definition) is 4. The average Bonchev–Trinajstić information content (AvgIpc) is 2.54. The van der Waals surface area contributed by atoms with Crippen molar-refractivity contribution in [3.05, 3.63) is 35.9 Å². The Bertz CT molecular complexity index is 505. The van der Waals surface area contributed by atoms with Crippen molar-refractivity contribution in [3.8, 4) is 0 Å². The molecule has 2 rings (SSSR count). The van der Waals surface area contributed by atoms with E-state index in [1.54, 1.807) is 0 Å². The van der Waals surface area contributed by atoms with Crippen LogP contribution in [0, 0.1) is 0 Å². The van der Waals surface area contributed by atoms with E-state index in [9.17, 15) is 4.79 Å². The topological polar surface area (TPSA) is 53.6 Å². The quantitative estimate of drug-likeness (QED) is 0.720. The molecule has 1 aliphatic rings. The molecule has 0 atom stereocenters. The minimum absolute atomic E-state index is 0.229. The van der Waals surface area contributed by atoms with Gasteiger partial charge in [-0.1, -0.05) is 30.3 Å². The molecule has 5 nitrogen and oxygen atoms in total. The maximum atomic E-state index is 11.8. The normalized spacial score (nSPS) is 20.0. The van der Waals surface area contributed by atoms with Crippen LogP contribution in [0.2, 0.25) is 0 Å². The van der Waals surface area contributed by atoms with Gasteiger partial charge in [0.05, 0.1) is 0 Å². The molecule has 5 heteroatoms. The third-order valence-electron chi connectivity index (χ3n) is 4.80. The number of amides is 1. The van der Waals surface area contributed by atoms with Gasteiger partial charge in [-0.3, -0.25) is 4.90 Å². The van der Waals surface area contributed by atoms with E-state index in [1.165, 1.54) is 0 Å². The lowest BCUT2D eigenvalue weighted by molar-refractivity contribution is 0.124. The lowest BCUT2D eigenvalue weighted by Gasteiger charge is -2.37. The van der Waals surface area contributed by atoms with Crippen molar-refractivity contribution >= 4 is 6.09 Å². The van der Waals surface area contributed by atoms with Crippen LogP contribution in [0.15, 0.2) is 30.3 Å². The highest BCUT2D eigenvalue weighted by molar-refractivity contribution is 5.67. The predicted octanol–water partition coefficient (Wildman–Crippen LogP) is 3.15. The number of hydrogen-bond donors (Lipinski definition) is 2. The minimum Gasteiger partial charge on any atom is -0.445 e. The molecule has 0 aromatic heterocycles. The minimum atomic E-state index is -0.321. The number of ether oxygens (including phenoxy) is 1. The first-order valence-electron chi connectivity index (χ1n) is 9.42. The molecule has 2 N–H and O–H groups in total. The lowest BCUT2D eigenvalue weighted by Crippen LogP contribution is -2.54. The summed E-state index contributed by atoms with van der Waals surface area (Å²) in [6, 6.07) is 11.6. The Kier molecular flexibility index (Phi) is 7.72. The van der Waals surface area contributed by atoms with Crippen molar-refractivity contribution in [2.45, 2.75) is 71.3 Å². The highest BCUT2D eigenvalue weighted by Crippen LogP contribution is 2.20. The van der Waals surface area contributed by atoms with Crippen molar-refractivity contribution in [1.82, 2.24) is 15.5 Å². The first-order valence-corrected chi connectivity index (χ1v) is 9.42. The van der Waals surface area contributed by atoms with E-state index in [2.05, 4.69) is 43.2 Å². The van der Waals surface area contributed by atoms with Crippen LogP contribution in [-0.2, 0) is 11.3 Å². The number of rotatable bonds is 9. The third kappa shape index (κ3) is 6.67. The first-order chi connectivity index (χ1) is 12.0. The van der Waals surface area contributed by atoms with Crippen LogP contribution in [0.4, 0.5) is 4.79 Å². The Labute approximate surface area is 152 Å². The third-order valence-corrected chi connectivity index (χ3v) is 4.80. The van der Waals surface area contributed by atoms with Gasteiger partial charge in [0.15, 0.2) is 0 Å². The van der Waals surface area contributed by atoms with Gasteiger partial charge in [0.2, 0.25) is 0 Å². The molecule has 0 unspecified atom stereocenters. The van der Waals surface area contributed by atoms with Gasteiger partial charge in [0, 0.05) is 37.3 Å². The van der Waals surface area contributed by atoms with Crippen LogP contribution in [0.5, 0.6) is 0 Å². The summed E-state index contributed by atoms with van der Waals surface area (Å²) in [7, 11) is 0. The molecule has 0 radical (unpaired) electrons. The zero-order valence-corrected chi connectivity index (χ0v) is 16.0. The van der Waals surface area contributed by atoms with E-state index < -0.39 is 0 Å². The van der Waals surface area contributed by atoms with Crippen molar-refractivity contribution in [1.29, 1.82) is 0 Å². The smallest absolute Gasteiger partial charge is 0.407 e. The zero-order chi connectivity index (χ0) is 18.2. The molecule has 0 spiro atoms. The van der Waals surface area contributed by atoms with E-state index in [4.69, 9.17) is 4.74 Å². The summed E-state index contributed by atoms with van der Waals surface area (Å²) in [6.45, 7) is 11.3. The van der Waals surface area contributed by atoms with E-state index in [1.807, 2.05) is 30.3 Å². The van der Waals surface area contributed by atoms with Crippen LogP contribution in [0.1, 0.15) is 46.1 Å². The Morgan fingerprint density at radius 1 is 1.12 bits per heavy atom. The largest absolute Gasteiger partial charge is 0.445 e. The van der Waals surface area contributed by atoms with Crippen molar-refractivity contribution < 1.29 is 9.53 Å². The van der Waals surface area contributed by atoms with Gasteiger partial charge in [-0.05, 0) is 46.1 Å². The summed E-state index contributed by atoms with van der Waals surface area (Å²) in [5.41, 5.74) is 1.01. The van der Waals surface area contributed by atoms with Gasteiger partial charge >= 0.3 is 6.09 Å². The van der Waals surface area contributed by atoms with Crippen molar-refractivity contribution in [2.24, 2.45) is 0 Å². The standard InChI is InChI=1S/C20H33N3O2/c1-15(2)23(16(3)4)11-10-21-18-12-19(13-18)22-20(24)25-14-17-8-6-5-7-9-17/h5-9,15-16,18-19,21H,10-14H2,1-4H3,(H,22,24). The molecule has 1 aliphatic carbocycles. The molecule has 0 heterocycles. The summed E-state index contributed by atoms with van der Waals surface area (Å²) < 4.78 is 5.26. The summed E-state index contributed by atoms with van der Waals surface area (Å²) in [5.74, 6) is 0. The maximum Gasteiger partial charge on any atom is 0.407 e. The lowest BCUT2D eigenvalue weighted by atomic mass is 9.87. The number of alkyl carbamates (subject to hydrolysis) is 1. The first kappa shape index (κ1) is 19.7. The van der Waals surface area contributed by atoms with E-state index in [-0.39, 0.29) is 12.1 Å². The molecule has 1 aromatic carbocycles. The van der Waals surface area contributed by atoms with Gasteiger partial charge in [0.1, 0.15) is 6.61 Å². The monoisotopic (exact) mass is 347 g/mol. The van der Waals surface area contributed by atoms with Gasteiger partial charge in [0.25, 0.3) is 0 Å². The van der Waals surface area contributed by atoms with Gasteiger partial charge < -0.3 is 15.4 Å². The van der Waals surface area contributed by atoms with Crippen LogP contribution in [0.25, 0.3) is 0 Å². The zero-order valence-electron chi connectivity index (χ0n) is 16.0. The number of benzene rings is 1. The molecule has 1 saturated carbocycles. The van der Waals surface area contributed by atoms with E-state index in [0.717, 1.165) is 31.5 Å². The molecule has 0 bridgehead atoms. The molecular formula is C20H33N3O2. The molecule has 0 saturated heterocycles. The van der Waals surface area contributed by atoms with Crippen LogP contribution in [-0.4, -0.2) is 48.3 Å². The second-order valence-electron chi connectivity index (χ2n) is 7.45. The Morgan fingerprint density at radius 3 is 2.36 bits per heavy atom. The highest BCUT2D eigenvalue weighted by Gasteiger charge is 2.30.